The smallest absolute Gasteiger partial charge is 0.347 e. The fourth-order valence-corrected chi connectivity index (χ4v) is 3.82. The minimum atomic E-state index is -0.416. The molecular weight excluding hydrogens is 452 g/mol. The van der Waals surface area contributed by atoms with Crippen LogP contribution in [-0.2, 0) is 0 Å². The predicted molar refractivity (Wildman–Crippen MR) is 137 cm³/mol. The van der Waals surface area contributed by atoms with E-state index in [9.17, 15) is 9.59 Å². The summed E-state index contributed by atoms with van der Waals surface area (Å²) in [6.45, 7) is 0. The molecule has 170 valence electrons. The van der Waals surface area contributed by atoms with Crippen LogP contribution in [0.15, 0.2) is 115 Å². The summed E-state index contributed by atoms with van der Waals surface area (Å²) in [5, 5.41) is 0.904. The first-order valence-corrected chi connectivity index (χ1v) is 11.2. The lowest BCUT2D eigenvalue weighted by molar-refractivity contribution is 0.518. The molecule has 0 unspecified atom stereocenters. The van der Waals surface area contributed by atoms with Crippen LogP contribution in [0.1, 0.15) is 11.1 Å². The Hall–Kier alpha value is -5.28. The van der Waals surface area contributed by atoms with Gasteiger partial charge in [0.25, 0.3) is 0 Å². The summed E-state index contributed by atoms with van der Waals surface area (Å²) in [6.07, 6.45) is 0. The van der Waals surface area contributed by atoms with Crippen molar-refractivity contribution in [1.29, 1.82) is 0 Å². The second kappa shape index (κ2) is 8.82. The summed E-state index contributed by atoms with van der Waals surface area (Å²) in [5.41, 5.74) is 3.33. The Bertz CT molecular complexity index is 1780. The molecular formula is C30H16N2O4. The normalized spacial score (nSPS) is 10.8. The first-order chi connectivity index (χ1) is 17.6. The number of aromatic nitrogens is 2. The molecule has 2 heterocycles. The molecule has 0 spiro atoms. The van der Waals surface area contributed by atoms with Crippen LogP contribution < -0.4 is 11.3 Å². The highest BCUT2D eigenvalue weighted by molar-refractivity contribution is 5.79. The number of fused-ring (bicyclic) bond motifs is 2. The largest absolute Gasteiger partial charge is 0.403 e. The van der Waals surface area contributed by atoms with Crippen molar-refractivity contribution in [3.63, 3.8) is 0 Å². The molecule has 0 radical (unpaired) electrons. The van der Waals surface area contributed by atoms with Gasteiger partial charge in [0.2, 0.25) is 11.8 Å². The third-order valence-corrected chi connectivity index (χ3v) is 5.69. The van der Waals surface area contributed by atoms with Gasteiger partial charge in [0.05, 0.1) is 21.8 Å². The molecule has 0 aliphatic heterocycles. The van der Waals surface area contributed by atoms with E-state index in [1.165, 1.54) is 0 Å². The van der Waals surface area contributed by atoms with Gasteiger partial charge in [0.1, 0.15) is 0 Å². The van der Waals surface area contributed by atoms with Crippen LogP contribution in [0, 0.1) is 11.8 Å². The Labute approximate surface area is 204 Å². The lowest BCUT2D eigenvalue weighted by atomic mass is 10.1. The van der Waals surface area contributed by atoms with E-state index in [0.717, 1.165) is 11.1 Å². The Balaban J connectivity index is 1.23. The van der Waals surface area contributed by atoms with Crippen LogP contribution in [0.4, 0.5) is 0 Å². The lowest BCUT2D eigenvalue weighted by Gasteiger charge is -2.02. The summed E-state index contributed by atoms with van der Waals surface area (Å²) in [5.74, 6) is 6.78. The molecule has 6 heteroatoms. The van der Waals surface area contributed by atoms with Crippen LogP contribution in [0.3, 0.4) is 0 Å². The number of hydrogen-bond acceptors (Lipinski definition) is 6. The first kappa shape index (κ1) is 21.3. The van der Waals surface area contributed by atoms with Crippen LogP contribution >= 0.6 is 0 Å². The van der Waals surface area contributed by atoms with E-state index in [2.05, 4.69) is 21.8 Å². The first-order valence-electron chi connectivity index (χ1n) is 11.2. The van der Waals surface area contributed by atoms with E-state index in [-0.39, 0.29) is 11.8 Å². The van der Waals surface area contributed by atoms with E-state index in [1.807, 2.05) is 60.7 Å². The van der Waals surface area contributed by atoms with Gasteiger partial charge in [-0.05, 0) is 72.8 Å². The predicted octanol–water partition coefficient (Wildman–Crippen LogP) is 5.42. The van der Waals surface area contributed by atoms with Crippen molar-refractivity contribution in [1.82, 2.24) is 9.97 Å². The van der Waals surface area contributed by atoms with Crippen molar-refractivity contribution in [3.05, 3.63) is 129 Å². The topological polar surface area (TPSA) is 86.2 Å². The molecule has 0 amide bonds. The zero-order valence-electron chi connectivity index (χ0n) is 18.8. The lowest BCUT2D eigenvalue weighted by Crippen LogP contribution is -2.02. The molecule has 2 aromatic heterocycles. The van der Waals surface area contributed by atoms with Gasteiger partial charge in [-0.2, -0.15) is 0 Å². The Morgan fingerprint density at radius 3 is 1.31 bits per heavy atom. The SMILES string of the molecule is O=c1oc(-c2ccc(C#Cc3ccc(-c4nc5ccccc5c(=O)o4)cc3)cc2)nc2ccccc12. The molecule has 36 heavy (non-hydrogen) atoms. The minimum Gasteiger partial charge on any atom is -0.403 e. The third kappa shape index (κ3) is 4.06. The van der Waals surface area contributed by atoms with E-state index < -0.39 is 11.3 Å². The fourth-order valence-electron chi connectivity index (χ4n) is 3.82. The Kier molecular flexibility index (Phi) is 5.21. The van der Waals surface area contributed by atoms with Crippen molar-refractivity contribution >= 4 is 21.8 Å². The van der Waals surface area contributed by atoms with Gasteiger partial charge in [0, 0.05) is 22.3 Å². The average molecular weight is 468 g/mol. The molecule has 0 saturated heterocycles. The molecule has 4 aromatic carbocycles. The fraction of sp³-hybridized carbons (Fsp3) is 0. The second-order valence-corrected chi connectivity index (χ2v) is 8.05. The minimum absolute atomic E-state index is 0.266. The molecule has 0 aliphatic rings. The standard InChI is InChI=1S/C30H16N2O4/c33-29-23-5-1-3-7-25(23)31-27(35-29)21-15-11-19(12-16-21)9-10-20-13-17-22(18-14-20)28-32-26-8-4-2-6-24(26)30(34)36-28/h1-8,11-18H. The number of para-hydroxylation sites is 2. The van der Waals surface area contributed by atoms with Gasteiger partial charge in [0.15, 0.2) is 0 Å². The molecule has 6 aromatic rings. The summed E-state index contributed by atoms with van der Waals surface area (Å²) in [4.78, 5) is 33.4. The molecule has 0 aliphatic carbocycles. The molecule has 0 atom stereocenters. The maximum Gasteiger partial charge on any atom is 0.347 e. The summed E-state index contributed by atoms with van der Waals surface area (Å²) in [7, 11) is 0. The molecule has 6 nitrogen and oxygen atoms in total. The van der Waals surface area contributed by atoms with Crippen molar-refractivity contribution in [2.75, 3.05) is 0 Å². The zero-order valence-corrected chi connectivity index (χ0v) is 18.8. The van der Waals surface area contributed by atoms with E-state index in [1.54, 1.807) is 36.4 Å². The molecule has 0 N–H and O–H groups in total. The number of rotatable bonds is 2. The van der Waals surface area contributed by atoms with Gasteiger partial charge in [-0.3, -0.25) is 0 Å². The Morgan fingerprint density at radius 1 is 0.500 bits per heavy atom. The maximum absolute atomic E-state index is 12.2. The number of benzene rings is 4. The average Bonchev–Trinajstić information content (AvgIpc) is 2.92. The van der Waals surface area contributed by atoms with Gasteiger partial charge in [-0.25, -0.2) is 19.6 Å². The summed E-state index contributed by atoms with van der Waals surface area (Å²) < 4.78 is 10.8. The number of hydrogen-bond donors (Lipinski definition) is 0. The van der Waals surface area contributed by atoms with Crippen molar-refractivity contribution in [3.8, 4) is 34.7 Å². The summed E-state index contributed by atoms with van der Waals surface area (Å²) >= 11 is 0. The molecule has 6 rings (SSSR count). The monoisotopic (exact) mass is 468 g/mol. The van der Waals surface area contributed by atoms with Crippen molar-refractivity contribution in [2.24, 2.45) is 0 Å². The van der Waals surface area contributed by atoms with E-state index in [0.29, 0.717) is 32.9 Å². The van der Waals surface area contributed by atoms with Gasteiger partial charge < -0.3 is 8.83 Å². The van der Waals surface area contributed by atoms with E-state index >= 15 is 0 Å². The van der Waals surface area contributed by atoms with Crippen LogP contribution in [0.5, 0.6) is 0 Å². The zero-order chi connectivity index (χ0) is 24.5. The van der Waals surface area contributed by atoms with Gasteiger partial charge in [-0.15, -0.1) is 0 Å². The van der Waals surface area contributed by atoms with E-state index in [4.69, 9.17) is 8.83 Å². The summed E-state index contributed by atoms with van der Waals surface area (Å²) in [6, 6.07) is 28.8. The molecule has 0 saturated carbocycles. The van der Waals surface area contributed by atoms with Crippen molar-refractivity contribution < 1.29 is 8.83 Å². The van der Waals surface area contributed by atoms with Gasteiger partial charge in [-0.1, -0.05) is 36.1 Å². The van der Waals surface area contributed by atoms with Gasteiger partial charge >= 0.3 is 11.3 Å². The highest BCUT2D eigenvalue weighted by Gasteiger charge is 2.09. The molecule has 0 fully saturated rings. The van der Waals surface area contributed by atoms with Crippen LogP contribution in [0.2, 0.25) is 0 Å². The van der Waals surface area contributed by atoms with Crippen LogP contribution in [-0.4, -0.2) is 9.97 Å². The number of nitrogens with zero attached hydrogens (tertiary/aromatic N) is 2. The highest BCUT2D eigenvalue weighted by atomic mass is 16.4. The highest BCUT2D eigenvalue weighted by Crippen LogP contribution is 2.20. The maximum atomic E-state index is 12.2. The quantitative estimate of drug-likeness (QED) is 0.315. The Morgan fingerprint density at radius 2 is 0.889 bits per heavy atom. The second-order valence-electron chi connectivity index (χ2n) is 8.05. The third-order valence-electron chi connectivity index (χ3n) is 5.69. The van der Waals surface area contributed by atoms with Crippen LogP contribution in [0.25, 0.3) is 44.7 Å². The van der Waals surface area contributed by atoms with Crippen molar-refractivity contribution in [2.45, 2.75) is 0 Å². The molecule has 0 bridgehead atoms.